The molecule has 0 radical (unpaired) electrons. The van der Waals surface area contributed by atoms with Gasteiger partial charge in [0, 0.05) is 0 Å². The number of unbranched alkanes of at least 4 members (excludes halogenated alkanes) is 4. The highest BCUT2D eigenvalue weighted by Gasteiger charge is 2.61. The van der Waals surface area contributed by atoms with Crippen molar-refractivity contribution in [3.8, 4) is 0 Å². The first kappa shape index (κ1) is 23.0. The predicted octanol–water partition coefficient (Wildman–Crippen LogP) is 9.34. The number of fused-ring (bicyclic) bond motifs is 1. The summed E-state index contributed by atoms with van der Waals surface area (Å²) in [6.07, 6.45) is 20.2. The third-order valence-electron chi connectivity index (χ3n) is 8.81. The van der Waals surface area contributed by atoms with Crippen LogP contribution in [0.2, 0.25) is 0 Å². The Labute approximate surface area is 172 Å². The van der Waals surface area contributed by atoms with Crippen molar-refractivity contribution in [3.63, 3.8) is 0 Å². The summed E-state index contributed by atoms with van der Waals surface area (Å²) in [5.74, 6) is 4.03. The molecule has 0 amide bonds. The van der Waals surface area contributed by atoms with E-state index in [1.807, 2.05) is 0 Å². The van der Waals surface area contributed by atoms with Gasteiger partial charge in [-0.25, -0.2) is 0 Å². The SMILES string of the molecule is CCCCC(C)=C(C)CCC(C)C(C)CCCCCCC1(C)C2CCCC21. The Morgan fingerprint density at radius 1 is 0.815 bits per heavy atom. The van der Waals surface area contributed by atoms with Crippen molar-refractivity contribution >= 4 is 0 Å². The molecule has 0 aromatic carbocycles. The fourth-order valence-corrected chi connectivity index (χ4v) is 5.96. The lowest BCUT2D eigenvalue weighted by atomic mass is 9.85. The van der Waals surface area contributed by atoms with Crippen molar-refractivity contribution in [2.24, 2.45) is 29.1 Å². The predicted molar refractivity (Wildman–Crippen MR) is 122 cm³/mol. The first-order valence-corrected chi connectivity index (χ1v) is 12.5. The highest BCUT2D eigenvalue weighted by molar-refractivity contribution is 5.10. The van der Waals surface area contributed by atoms with Gasteiger partial charge in [0.1, 0.15) is 0 Å². The van der Waals surface area contributed by atoms with Crippen LogP contribution in [0.1, 0.15) is 131 Å². The van der Waals surface area contributed by atoms with Crippen LogP contribution in [0.5, 0.6) is 0 Å². The van der Waals surface area contributed by atoms with Crippen LogP contribution in [0.3, 0.4) is 0 Å². The van der Waals surface area contributed by atoms with E-state index >= 15 is 0 Å². The molecular formula is C27H50. The maximum Gasteiger partial charge on any atom is -0.0264 e. The Morgan fingerprint density at radius 2 is 1.41 bits per heavy atom. The maximum absolute atomic E-state index is 2.59. The van der Waals surface area contributed by atoms with E-state index in [1.165, 1.54) is 77.0 Å². The molecule has 4 atom stereocenters. The van der Waals surface area contributed by atoms with Gasteiger partial charge in [-0.15, -0.1) is 0 Å². The second-order valence-electron chi connectivity index (χ2n) is 10.8. The Hall–Kier alpha value is -0.260. The second-order valence-corrected chi connectivity index (χ2v) is 10.8. The monoisotopic (exact) mass is 374 g/mol. The Bertz CT molecular complexity index is 447. The molecule has 0 aromatic heterocycles. The summed E-state index contributed by atoms with van der Waals surface area (Å²) >= 11 is 0. The molecule has 158 valence electrons. The quantitative estimate of drug-likeness (QED) is 0.210. The molecule has 0 nitrogen and oxygen atoms in total. The van der Waals surface area contributed by atoms with Gasteiger partial charge >= 0.3 is 0 Å². The Balaban J connectivity index is 1.50. The first-order chi connectivity index (χ1) is 12.9. The van der Waals surface area contributed by atoms with Crippen LogP contribution < -0.4 is 0 Å². The number of hydrogen-bond acceptors (Lipinski definition) is 0. The molecule has 2 rings (SSSR count). The summed E-state index contributed by atoms with van der Waals surface area (Å²) in [4.78, 5) is 0. The van der Waals surface area contributed by atoms with Crippen LogP contribution in [-0.4, -0.2) is 0 Å². The first-order valence-electron chi connectivity index (χ1n) is 12.5. The average molecular weight is 375 g/mol. The van der Waals surface area contributed by atoms with Gasteiger partial charge in [0.05, 0.1) is 0 Å². The highest BCUT2D eigenvalue weighted by Crippen LogP contribution is 2.69. The average Bonchev–Trinajstić information content (AvgIpc) is 3.02. The van der Waals surface area contributed by atoms with Crippen LogP contribution in [0.25, 0.3) is 0 Å². The number of rotatable bonds is 14. The molecule has 0 spiro atoms. The van der Waals surface area contributed by atoms with Crippen molar-refractivity contribution in [1.29, 1.82) is 0 Å². The summed E-state index contributed by atoms with van der Waals surface area (Å²) in [5, 5.41) is 0. The van der Waals surface area contributed by atoms with Crippen molar-refractivity contribution < 1.29 is 0 Å². The molecule has 0 saturated heterocycles. The molecule has 4 unspecified atom stereocenters. The summed E-state index contributed by atoms with van der Waals surface area (Å²) in [6.45, 7) is 14.6. The summed E-state index contributed by atoms with van der Waals surface area (Å²) in [5.41, 5.74) is 4.10. The molecule has 0 bridgehead atoms. The number of hydrogen-bond donors (Lipinski definition) is 0. The van der Waals surface area contributed by atoms with E-state index in [4.69, 9.17) is 0 Å². The van der Waals surface area contributed by atoms with Gasteiger partial charge in [0.2, 0.25) is 0 Å². The van der Waals surface area contributed by atoms with Gasteiger partial charge in [0.25, 0.3) is 0 Å². The Morgan fingerprint density at radius 3 is 2.07 bits per heavy atom. The van der Waals surface area contributed by atoms with E-state index in [-0.39, 0.29) is 0 Å². The lowest BCUT2D eigenvalue weighted by Gasteiger charge is -2.21. The molecule has 2 saturated carbocycles. The largest absolute Gasteiger partial charge is 0.0744 e. The fourth-order valence-electron chi connectivity index (χ4n) is 5.96. The van der Waals surface area contributed by atoms with Crippen LogP contribution in [0, 0.1) is 29.1 Å². The van der Waals surface area contributed by atoms with E-state index in [2.05, 4.69) is 41.5 Å². The molecule has 2 aliphatic carbocycles. The lowest BCUT2D eigenvalue weighted by molar-refractivity contribution is 0.328. The maximum atomic E-state index is 2.59. The molecule has 0 heterocycles. The third-order valence-corrected chi connectivity index (χ3v) is 8.81. The van der Waals surface area contributed by atoms with Gasteiger partial charge in [-0.1, -0.05) is 83.8 Å². The fraction of sp³-hybridized carbons (Fsp3) is 0.926. The van der Waals surface area contributed by atoms with E-state index in [1.54, 1.807) is 24.0 Å². The third kappa shape index (κ3) is 6.64. The standard InChI is InChI=1S/C27H50/c1-7-8-14-21(2)23(4)18-19-24(5)22(3)15-11-9-10-12-20-27(6)25-16-13-17-26(25)27/h22,24-26H,7-20H2,1-6H3. The topological polar surface area (TPSA) is 0 Å². The molecule has 2 fully saturated rings. The minimum atomic E-state index is 0.778. The van der Waals surface area contributed by atoms with E-state index < -0.39 is 0 Å². The normalized spacial score (nSPS) is 30.0. The number of allylic oxidation sites excluding steroid dienone is 2. The van der Waals surface area contributed by atoms with Gasteiger partial charge < -0.3 is 0 Å². The zero-order valence-electron chi connectivity index (χ0n) is 19.7. The molecular weight excluding hydrogens is 324 g/mol. The zero-order valence-corrected chi connectivity index (χ0v) is 19.7. The molecule has 0 aromatic rings. The van der Waals surface area contributed by atoms with Gasteiger partial charge in [-0.05, 0) is 87.9 Å². The minimum Gasteiger partial charge on any atom is -0.0744 e. The second kappa shape index (κ2) is 11.1. The molecule has 0 N–H and O–H groups in total. The highest BCUT2D eigenvalue weighted by atomic mass is 14.7. The molecule has 0 heteroatoms. The van der Waals surface area contributed by atoms with Gasteiger partial charge in [-0.2, -0.15) is 0 Å². The molecule has 2 aliphatic rings. The van der Waals surface area contributed by atoms with E-state index in [0.717, 1.165) is 29.1 Å². The molecule has 27 heavy (non-hydrogen) atoms. The summed E-state index contributed by atoms with van der Waals surface area (Å²) in [7, 11) is 0. The van der Waals surface area contributed by atoms with Gasteiger partial charge in [-0.3, -0.25) is 0 Å². The van der Waals surface area contributed by atoms with Crippen molar-refractivity contribution in [3.05, 3.63) is 11.1 Å². The van der Waals surface area contributed by atoms with Crippen LogP contribution in [0.4, 0.5) is 0 Å². The zero-order chi connectivity index (χ0) is 19.9. The molecule has 0 aliphatic heterocycles. The van der Waals surface area contributed by atoms with Crippen molar-refractivity contribution in [1.82, 2.24) is 0 Å². The van der Waals surface area contributed by atoms with Crippen LogP contribution in [-0.2, 0) is 0 Å². The summed E-state index contributed by atoms with van der Waals surface area (Å²) in [6, 6.07) is 0. The minimum absolute atomic E-state index is 0.778. The Kier molecular flexibility index (Phi) is 9.43. The van der Waals surface area contributed by atoms with Gasteiger partial charge in [0.15, 0.2) is 0 Å². The lowest BCUT2D eigenvalue weighted by Crippen LogP contribution is -2.08. The van der Waals surface area contributed by atoms with E-state index in [9.17, 15) is 0 Å². The summed E-state index contributed by atoms with van der Waals surface area (Å²) < 4.78 is 0. The smallest absolute Gasteiger partial charge is 0.0264 e. The van der Waals surface area contributed by atoms with Crippen molar-refractivity contribution in [2.45, 2.75) is 131 Å². The van der Waals surface area contributed by atoms with E-state index in [0.29, 0.717) is 0 Å². The van der Waals surface area contributed by atoms with Crippen LogP contribution in [0.15, 0.2) is 11.1 Å². The van der Waals surface area contributed by atoms with Crippen LogP contribution >= 0.6 is 0 Å². The van der Waals surface area contributed by atoms with Crippen molar-refractivity contribution in [2.75, 3.05) is 0 Å².